The third-order valence-electron chi connectivity index (χ3n) is 5.17. The number of hydrogen-bond acceptors (Lipinski definition) is 5. The van der Waals surface area contributed by atoms with E-state index in [-0.39, 0.29) is 16.3 Å². The molecule has 4 rings (SSSR count). The molecule has 0 spiro atoms. The summed E-state index contributed by atoms with van der Waals surface area (Å²) in [7, 11) is -4.07. The number of rotatable bonds is 4. The highest BCUT2D eigenvalue weighted by Gasteiger charge is 2.41. The van der Waals surface area contributed by atoms with Crippen molar-refractivity contribution >= 4 is 33.0 Å². The van der Waals surface area contributed by atoms with Crippen molar-refractivity contribution in [1.82, 2.24) is 0 Å². The molecule has 0 saturated carbocycles. The zero-order chi connectivity index (χ0) is 23.8. The standard InChI is InChI=1S/C22H17F3N2O5S/c23-22(24,25)14-6-1-2-7-15(14)26-20(28)13-27-16-8-3-4-10-18(16)33(30,31)19(12-21(27)29)17-9-5-11-32-17/h1-11,19H,12-13H2,(H,26,28). The van der Waals surface area contributed by atoms with Crippen molar-refractivity contribution in [2.24, 2.45) is 0 Å². The van der Waals surface area contributed by atoms with Gasteiger partial charge < -0.3 is 14.6 Å². The number of anilines is 2. The van der Waals surface area contributed by atoms with Crippen LogP contribution in [-0.4, -0.2) is 26.8 Å². The number of amides is 2. The fraction of sp³-hybridized carbons (Fsp3) is 0.182. The number of alkyl halides is 3. The van der Waals surface area contributed by atoms with E-state index in [9.17, 15) is 31.2 Å². The summed E-state index contributed by atoms with van der Waals surface area (Å²) in [6.07, 6.45) is -3.91. The van der Waals surface area contributed by atoms with Gasteiger partial charge in [0, 0.05) is 0 Å². The van der Waals surface area contributed by atoms with E-state index in [0.717, 1.165) is 17.0 Å². The molecule has 0 aliphatic carbocycles. The molecule has 172 valence electrons. The van der Waals surface area contributed by atoms with Crippen molar-refractivity contribution in [3.63, 3.8) is 0 Å². The van der Waals surface area contributed by atoms with Crippen LogP contribution >= 0.6 is 0 Å². The minimum atomic E-state index is -4.70. The van der Waals surface area contributed by atoms with E-state index >= 15 is 0 Å². The molecule has 1 aromatic heterocycles. The van der Waals surface area contributed by atoms with E-state index in [1.807, 2.05) is 0 Å². The van der Waals surface area contributed by atoms with Crippen LogP contribution in [0.3, 0.4) is 0 Å². The van der Waals surface area contributed by atoms with Crippen LogP contribution in [0.5, 0.6) is 0 Å². The lowest BCUT2D eigenvalue weighted by Crippen LogP contribution is -2.38. The Morgan fingerprint density at radius 2 is 1.76 bits per heavy atom. The van der Waals surface area contributed by atoms with Crippen LogP contribution in [-0.2, 0) is 25.6 Å². The van der Waals surface area contributed by atoms with E-state index in [1.54, 1.807) is 0 Å². The molecule has 1 aliphatic rings. The van der Waals surface area contributed by atoms with Crippen molar-refractivity contribution < 1.29 is 35.6 Å². The smallest absolute Gasteiger partial charge is 0.418 e. The molecule has 3 aromatic rings. The van der Waals surface area contributed by atoms with Crippen LogP contribution < -0.4 is 10.2 Å². The quantitative estimate of drug-likeness (QED) is 0.607. The van der Waals surface area contributed by atoms with Gasteiger partial charge in [0.1, 0.15) is 17.6 Å². The Kier molecular flexibility index (Phi) is 5.75. The van der Waals surface area contributed by atoms with Crippen LogP contribution in [0.1, 0.15) is 23.0 Å². The lowest BCUT2D eigenvalue weighted by Gasteiger charge is -2.22. The van der Waals surface area contributed by atoms with E-state index in [4.69, 9.17) is 4.42 Å². The van der Waals surface area contributed by atoms with Crippen LogP contribution in [0.15, 0.2) is 76.2 Å². The maximum Gasteiger partial charge on any atom is 0.418 e. The lowest BCUT2D eigenvalue weighted by molar-refractivity contribution is -0.137. The van der Waals surface area contributed by atoms with E-state index in [2.05, 4.69) is 5.32 Å². The molecule has 33 heavy (non-hydrogen) atoms. The predicted octanol–water partition coefficient (Wildman–Crippen LogP) is 4.19. The predicted molar refractivity (Wildman–Crippen MR) is 112 cm³/mol. The normalized spacial score (nSPS) is 17.8. The van der Waals surface area contributed by atoms with Gasteiger partial charge in [0.15, 0.2) is 9.84 Å². The van der Waals surface area contributed by atoms with Gasteiger partial charge in [-0.15, -0.1) is 0 Å². The number of sulfone groups is 1. The number of hydrogen-bond donors (Lipinski definition) is 1. The molecule has 7 nitrogen and oxygen atoms in total. The summed E-state index contributed by atoms with van der Waals surface area (Å²) >= 11 is 0. The Morgan fingerprint density at radius 3 is 2.45 bits per heavy atom. The molecule has 1 unspecified atom stereocenters. The molecule has 2 amide bonds. The van der Waals surface area contributed by atoms with Gasteiger partial charge in [-0.3, -0.25) is 9.59 Å². The maximum absolute atomic E-state index is 13.3. The molecule has 1 atom stereocenters. The Hall–Kier alpha value is -3.60. The number of carbonyl (C=O) groups excluding carboxylic acids is 2. The van der Waals surface area contributed by atoms with Crippen LogP contribution in [0.25, 0.3) is 0 Å². The van der Waals surface area contributed by atoms with E-state index < -0.39 is 57.3 Å². The number of halogens is 3. The average molecular weight is 478 g/mol. The average Bonchev–Trinajstić information content (AvgIpc) is 3.27. The molecular formula is C22H17F3N2O5S. The van der Waals surface area contributed by atoms with Gasteiger partial charge in [-0.05, 0) is 36.4 Å². The Bertz CT molecular complexity index is 1300. The summed E-state index contributed by atoms with van der Waals surface area (Å²) in [5, 5.41) is 0.869. The van der Waals surface area contributed by atoms with Crippen molar-refractivity contribution in [2.45, 2.75) is 22.7 Å². The number of nitrogens with one attached hydrogen (secondary N) is 1. The first-order valence-electron chi connectivity index (χ1n) is 9.72. The summed E-state index contributed by atoms with van der Waals surface area (Å²) in [5.41, 5.74) is -1.54. The molecule has 0 bridgehead atoms. The Labute approximate surface area is 186 Å². The molecule has 0 radical (unpaired) electrons. The van der Waals surface area contributed by atoms with Crippen molar-refractivity contribution in [3.05, 3.63) is 78.3 Å². The summed E-state index contributed by atoms with van der Waals surface area (Å²) in [6.45, 7) is -0.678. The highest BCUT2D eigenvalue weighted by atomic mass is 32.2. The van der Waals surface area contributed by atoms with Gasteiger partial charge in [-0.1, -0.05) is 24.3 Å². The molecule has 1 aliphatic heterocycles. The first kappa shape index (κ1) is 22.6. The van der Waals surface area contributed by atoms with E-state index in [1.165, 1.54) is 54.8 Å². The molecule has 0 fully saturated rings. The number of benzene rings is 2. The highest BCUT2D eigenvalue weighted by molar-refractivity contribution is 7.91. The topological polar surface area (TPSA) is 96.7 Å². The maximum atomic E-state index is 13.3. The minimum Gasteiger partial charge on any atom is -0.468 e. The van der Waals surface area contributed by atoms with Gasteiger partial charge in [0.25, 0.3) is 0 Å². The Morgan fingerprint density at radius 1 is 1.06 bits per heavy atom. The van der Waals surface area contributed by atoms with Gasteiger partial charge in [-0.25, -0.2) is 8.42 Å². The first-order chi connectivity index (χ1) is 15.6. The zero-order valence-electron chi connectivity index (χ0n) is 16.9. The van der Waals surface area contributed by atoms with Crippen molar-refractivity contribution in [3.8, 4) is 0 Å². The number of nitrogens with zero attached hydrogens (tertiary/aromatic N) is 1. The second-order valence-corrected chi connectivity index (χ2v) is 9.39. The van der Waals surface area contributed by atoms with Gasteiger partial charge >= 0.3 is 6.18 Å². The summed E-state index contributed by atoms with van der Waals surface area (Å²) in [4.78, 5) is 26.5. The fourth-order valence-corrected chi connectivity index (χ4v) is 5.51. The summed E-state index contributed by atoms with van der Waals surface area (Å²) < 4.78 is 71.5. The molecule has 2 heterocycles. The summed E-state index contributed by atoms with van der Waals surface area (Å²) in [6, 6.07) is 13.0. The largest absolute Gasteiger partial charge is 0.468 e. The first-order valence-corrected chi connectivity index (χ1v) is 11.3. The third-order valence-corrected chi connectivity index (χ3v) is 7.27. The number of para-hydroxylation sites is 2. The number of carbonyl (C=O) groups is 2. The van der Waals surface area contributed by atoms with Crippen LogP contribution in [0.2, 0.25) is 0 Å². The summed E-state index contributed by atoms with van der Waals surface area (Å²) in [5.74, 6) is -1.53. The SMILES string of the molecule is O=C(CN1C(=O)CC(c2ccco2)S(=O)(=O)c2ccccc21)Nc1ccccc1C(F)(F)F. The number of fused-ring (bicyclic) bond motifs is 1. The fourth-order valence-electron chi connectivity index (χ4n) is 3.66. The van der Waals surface area contributed by atoms with Gasteiger partial charge in [-0.2, -0.15) is 13.2 Å². The third kappa shape index (κ3) is 4.36. The second-order valence-electron chi connectivity index (χ2n) is 7.29. The van der Waals surface area contributed by atoms with E-state index in [0.29, 0.717) is 0 Å². The van der Waals surface area contributed by atoms with Crippen LogP contribution in [0, 0.1) is 0 Å². The van der Waals surface area contributed by atoms with Gasteiger partial charge in [0.05, 0.1) is 34.5 Å². The Balaban J connectivity index is 1.68. The van der Waals surface area contributed by atoms with Crippen LogP contribution in [0.4, 0.5) is 24.5 Å². The minimum absolute atomic E-state index is 0.0317. The monoisotopic (exact) mass is 478 g/mol. The molecule has 0 saturated heterocycles. The molecule has 1 N–H and O–H groups in total. The van der Waals surface area contributed by atoms with Gasteiger partial charge in [0.2, 0.25) is 11.8 Å². The zero-order valence-corrected chi connectivity index (χ0v) is 17.7. The van der Waals surface area contributed by atoms with Crippen molar-refractivity contribution in [2.75, 3.05) is 16.8 Å². The second kappa shape index (κ2) is 8.39. The highest BCUT2D eigenvalue weighted by Crippen LogP contribution is 2.41. The van der Waals surface area contributed by atoms with Crippen molar-refractivity contribution in [1.29, 1.82) is 0 Å². The molecule has 11 heteroatoms. The number of furan rings is 1. The molecular weight excluding hydrogens is 461 g/mol. The lowest BCUT2D eigenvalue weighted by atomic mass is 10.1. The molecule has 2 aromatic carbocycles.